The molecule has 1 aliphatic carbocycles. The quantitative estimate of drug-likeness (QED) is 0.735. The topological polar surface area (TPSA) is 52.3 Å². The zero-order chi connectivity index (χ0) is 20.4. The van der Waals surface area contributed by atoms with Crippen molar-refractivity contribution in [2.24, 2.45) is 0 Å². The first-order chi connectivity index (χ1) is 14.0. The van der Waals surface area contributed by atoms with Gasteiger partial charge in [0.25, 0.3) is 0 Å². The van der Waals surface area contributed by atoms with Crippen molar-refractivity contribution >= 4 is 12.0 Å². The molecule has 1 aromatic heterocycles. The van der Waals surface area contributed by atoms with E-state index in [4.69, 9.17) is 5.26 Å². The molecule has 0 unspecified atom stereocenters. The van der Waals surface area contributed by atoms with E-state index in [1.165, 1.54) is 29.8 Å². The Kier molecular flexibility index (Phi) is 5.55. The Morgan fingerprint density at radius 1 is 1.14 bits per heavy atom. The van der Waals surface area contributed by atoms with Crippen molar-refractivity contribution in [3.05, 3.63) is 64.5 Å². The van der Waals surface area contributed by atoms with Crippen molar-refractivity contribution in [2.45, 2.75) is 39.3 Å². The van der Waals surface area contributed by atoms with Gasteiger partial charge in [-0.25, -0.2) is 0 Å². The van der Waals surface area contributed by atoms with Gasteiger partial charge in [-0.3, -0.25) is 9.69 Å². The van der Waals surface area contributed by atoms with Gasteiger partial charge in [-0.1, -0.05) is 12.1 Å². The lowest BCUT2D eigenvalue weighted by molar-refractivity contribution is -0.127. The molecule has 2 fully saturated rings. The number of amides is 1. The number of rotatable bonds is 5. The maximum atomic E-state index is 12.6. The number of hydrogen-bond donors (Lipinski definition) is 0. The van der Waals surface area contributed by atoms with E-state index in [9.17, 15) is 4.79 Å². The Hall–Kier alpha value is -2.84. The third-order valence-electron chi connectivity index (χ3n) is 6.01. The van der Waals surface area contributed by atoms with Crippen molar-refractivity contribution in [3.8, 4) is 6.07 Å². The summed E-state index contributed by atoms with van der Waals surface area (Å²) in [4.78, 5) is 16.9. The molecule has 5 heteroatoms. The van der Waals surface area contributed by atoms with Crippen LogP contribution in [0.1, 0.15) is 47.0 Å². The largest absolute Gasteiger partial charge is 0.346 e. The average Bonchev–Trinajstić information content (AvgIpc) is 3.52. The zero-order valence-electron chi connectivity index (χ0n) is 17.3. The van der Waals surface area contributed by atoms with Crippen LogP contribution in [0.3, 0.4) is 0 Å². The molecule has 2 aliphatic rings. The summed E-state index contributed by atoms with van der Waals surface area (Å²) in [6.45, 7) is 8.40. The summed E-state index contributed by atoms with van der Waals surface area (Å²) in [5, 5.41) is 8.90. The molecular weight excluding hydrogens is 360 g/mol. The summed E-state index contributed by atoms with van der Waals surface area (Å²) in [5.41, 5.74) is 5.60. The molecule has 1 aromatic carbocycles. The van der Waals surface area contributed by atoms with Crippen molar-refractivity contribution in [1.29, 1.82) is 5.26 Å². The third-order valence-corrected chi connectivity index (χ3v) is 6.01. The molecule has 5 nitrogen and oxygen atoms in total. The number of benzene rings is 1. The Morgan fingerprint density at radius 2 is 1.83 bits per heavy atom. The van der Waals surface area contributed by atoms with Gasteiger partial charge in [0, 0.05) is 56.2 Å². The third kappa shape index (κ3) is 4.44. The van der Waals surface area contributed by atoms with Gasteiger partial charge in [-0.15, -0.1) is 0 Å². The zero-order valence-corrected chi connectivity index (χ0v) is 17.3. The number of nitrogens with zero attached hydrogens (tertiary/aromatic N) is 4. The number of carbonyl (C=O) groups excluding carboxylic acids is 1. The summed E-state index contributed by atoms with van der Waals surface area (Å²) in [5.74, 6) is 0.0965. The fraction of sp³-hybridized carbons (Fsp3) is 0.417. The molecule has 0 atom stereocenters. The molecule has 0 radical (unpaired) electrons. The lowest BCUT2D eigenvalue weighted by Crippen LogP contribution is -2.47. The molecular formula is C24H28N4O. The second kappa shape index (κ2) is 8.26. The average molecular weight is 389 g/mol. The highest BCUT2D eigenvalue weighted by atomic mass is 16.2. The van der Waals surface area contributed by atoms with Crippen LogP contribution in [0.4, 0.5) is 0 Å². The van der Waals surface area contributed by atoms with E-state index in [0.29, 0.717) is 11.6 Å². The maximum absolute atomic E-state index is 12.6. The smallest absolute Gasteiger partial charge is 0.246 e. The molecule has 1 saturated carbocycles. The van der Waals surface area contributed by atoms with Crippen molar-refractivity contribution in [1.82, 2.24) is 14.4 Å². The summed E-state index contributed by atoms with van der Waals surface area (Å²) in [6, 6.07) is 12.7. The minimum atomic E-state index is 0.0965. The number of hydrogen-bond acceptors (Lipinski definition) is 3. The molecule has 150 valence electrons. The Labute approximate surface area is 172 Å². The minimum absolute atomic E-state index is 0.0965. The fourth-order valence-electron chi connectivity index (χ4n) is 4.20. The molecule has 0 N–H and O–H groups in total. The summed E-state index contributed by atoms with van der Waals surface area (Å²) >= 11 is 0. The van der Waals surface area contributed by atoms with Crippen LogP contribution >= 0.6 is 0 Å². The van der Waals surface area contributed by atoms with Gasteiger partial charge in [0.1, 0.15) is 0 Å². The van der Waals surface area contributed by atoms with E-state index in [1.54, 1.807) is 6.08 Å². The SMILES string of the molecule is Cc1cc(C=CC(=O)N2CCN(Cc3ccc(C#N)cc3)CC2)c(C)n1C1CC1. The van der Waals surface area contributed by atoms with Crippen LogP contribution in [0.5, 0.6) is 0 Å². The molecule has 0 bridgehead atoms. The second-order valence-corrected chi connectivity index (χ2v) is 8.17. The predicted octanol–water partition coefficient (Wildman–Crippen LogP) is 3.67. The van der Waals surface area contributed by atoms with Crippen LogP contribution in [0.15, 0.2) is 36.4 Å². The highest BCUT2D eigenvalue weighted by molar-refractivity contribution is 5.92. The first kappa shape index (κ1) is 19.5. The van der Waals surface area contributed by atoms with Crippen molar-refractivity contribution in [3.63, 3.8) is 0 Å². The van der Waals surface area contributed by atoms with Gasteiger partial charge in [-0.05, 0) is 62.1 Å². The van der Waals surface area contributed by atoms with Crippen LogP contribution < -0.4 is 0 Å². The number of aromatic nitrogens is 1. The molecule has 2 heterocycles. The molecule has 4 rings (SSSR count). The van der Waals surface area contributed by atoms with Gasteiger partial charge in [0.05, 0.1) is 11.6 Å². The highest BCUT2D eigenvalue weighted by Crippen LogP contribution is 2.38. The highest BCUT2D eigenvalue weighted by Gasteiger charge is 2.26. The minimum Gasteiger partial charge on any atom is -0.346 e. The summed E-state index contributed by atoms with van der Waals surface area (Å²) in [7, 11) is 0. The Bertz CT molecular complexity index is 952. The summed E-state index contributed by atoms with van der Waals surface area (Å²) < 4.78 is 2.41. The van der Waals surface area contributed by atoms with E-state index < -0.39 is 0 Å². The van der Waals surface area contributed by atoms with Crippen molar-refractivity contribution in [2.75, 3.05) is 26.2 Å². The standard InChI is InChI=1S/C24H28N4O/c1-18-15-22(19(2)28(18)23-8-9-23)7-10-24(29)27-13-11-26(12-14-27)17-21-5-3-20(16-25)4-6-21/h3-7,10,15,23H,8-9,11-14,17H2,1-2H3. The van der Waals surface area contributed by atoms with E-state index in [0.717, 1.165) is 38.3 Å². The molecule has 29 heavy (non-hydrogen) atoms. The Balaban J connectivity index is 1.30. The van der Waals surface area contributed by atoms with Crippen LogP contribution in [0.2, 0.25) is 0 Å². The van der Waals surface area contributed by atoms with Gasteiger partial charge in [0.2, 0.25) is 5.91 Å². The number of carbonyl (C=O) groups is 1. The number of piperazine rings is 1. The molecule has 1 saturated heterocycles. The molecule has 2 aromatic rings. The van der Waals surface area contributed by atoms with Crippen LogP contribution in [-0.4, -0.2) is 46.5 Å². The monoisotopic (exact) mass is 388 g/mol. The van der Waals surface area contributed by atoms with Crippen molar-refractivity contribution < 1.29 is 4.79 Å². The normalized spacial score (nSPS) is 17.6. The number of nitriles is 1. The van der Waals surface area contributed by atoms with Crippen LogP contribution in [-0.2, 0) is 11.3 Å². The van der Waals surface area contributed by atoms with Crippen LogP contribution in [0.25, 0.3) is 6.08 Å². The molecule has 1 amide bonds. The lowest BCUT2D eigenvalue weighted by atomic mass is 10.1. The van der Waals surface area contributed by atoms with E-state index in [2.05, 4.69) is 35.5 Å². The number of aryl methyl sites for hydroxylation is 1. The maximum Gasteiger partial charge on any atom is 0.246 e. The van der Waals surface area contributed by atoms with E-state index in [-0.39, 0.29) is 5.91 Å². The molecule has 0 spiro atoms. The van der Waals surface area contributed by atoms with Gasteiger partial charge < -0.3 is 9.47 Å². The second-order valence-electron chi connectivity index (χ2n) is 8.17. The van der Waals surface area contributed by atoms with Gasteiger partial charge in [-0.2, -0.15) is 5.26 Å². The first-order valence-corrected chi connectivity index (χ1v) is 10.4. The fourth-order valence-corrected chi connectivity index (χ4v) is 4.20. The van der Waals surface area contributed by atoms with Gasteiger partial charge in [0.15, 0.2) is 0 Å². The lowest BCUT2D eigenvalue weighted by Gasteiger charge is -2.34. The van der Waals surface area contributed by atoms with Gasteiger partial charge >= 0.3 is 0 Å². The first-order valence-electron chi connectivity index (χ1n) is 10.4. The van der Waals surface area contributed by atoms with E-state index >= 15 is 0 Å². The van der Waals surface area contributed by atoms with Crippen LogP contribution in [0, 0.1) is 25.2 Å². The Morgan fingerprint density at radius 3 is 2.45 bits per heavy atom. The molecule has 1 aliphatic heterocycles. The summed E-state index contributed by atoms with van der Waals surface area (Å²) in [6.07, 6.45) is 6.25. The van der Waals surface area contributed by atoms with E-state index in [1.807, 2.05) is 35.2 Å². The predicted molar refractivity (Wildman–Crippen MR) is 114 cm³/mol.